The molecule has 0 fully saturated rings. The fraction of sp³-hybridized carbons (Fsp3) is 0.0455. The zero-order valence-corrected chi connectivity index (χ0v) is 16.7. The number of fused-ring (bicyclic) bond motifs is 1. The highest BCUT2D eigenvalue weighted by molar-refractivity contribution is 7.80. The molecular formula is C22H17N3OS2. The van der Waals surface area contributed by atoms with Gasteiger partial charge in [-0.2, -0.15) is 0 Å². The van der Waals surface area contributed by atoms with Crippen LogP contribution in [-0.2, 0) is 0 Å². The van der Waals surface area contributed by atoms with Gasteiger partial charge in [-0.15, -0.1) is 11.3 Å². The Kier molecular flexibility index (Phi) is 5.14. The highest BCUT2D eigenvalue weighted by Crippen LogP contribution is 2.34. The van der Waals surface area contributed by atoms with E-state index in [-0.39, 0.29) is 11.0 Å². The lowest BCUT2D eigenvalue weighted by Gasteiger charge is -2.12. The van der Waals surface area contributed by atoms with E-state index in [2.05, 4.69) is 16.7 Å². The van der Waals surface area contributed by atoms with Gasteiger partial charge in [-0.3, -0.25) is 10.1 Å². The van der Waals surface area contributed by atoms with E-state index in [0.717, 1.165) is 32.0 Å². The van der Waals surface area contributed by atoms with E-state index in [0.29, 0.717) is 5.56 Å². The molecule has 28 heavy (non-hydrogen) atoms. The summed E-state index contributed by atoms with van der Waals surface area (Å²) in [6.45, 7) is 1.98. The molecule has 0 unspecified atom stereocenters. The Morgan fingerprint density at radius 1 is 0.964 bits per heavy atom. The van der Waals surface area contributed by atoms with E-state index in [9.17, 15) is 4.79 Å². The van der Waals surface area contributed by atoms with Gasteiger partial charge in [0.1, 0.15) is 5.01 Å². The zero-order chi connectivity index (χ0) is 19.5. The molecule has 0 spiro atoms. The Morgan fingerprint density at radius 3 is 2.46 bits per heavy atom. The molecule has 138 valence electrons. The van der Waals surface area contributed by atoms with Gasteiger partial charge in [0.2, 0.25) is 0 Å². The molecule has 0 aliphatic carbocycles. The second-order valence-electron chi connectivity index (χ2n) is 6.31. The van der Waals surface area contributed by atoms with Crippen LogP contribution in [0.4, 0.5) is 5.69 Å². The third-order valence-electron chi connectivity index (χ3n) is 4.24. The molecule has 0 aliphatic rings. The molecule has 0 saturated heterocycles. The lowest BCUT2D eigenvalue weighted by atomic mass is 10.1. The van der Waals surface area contributed by atoms with Crippen LogP contribution in [0.25, 0.3) is 20.8 Å². The van der Waals surface area contributed by atoms with Crippen molar-refractivity contribution in [3.63, 3.8) is 0 Å². The van der Waals surface area contributed by atoms with Crippen LogP contribution in [-0.4, -0.2) is 16.0 Å². The zero-order valence-electron chi connectivity index (χ0n) is 15.1. The monoisotopic (exact) mass is 403 g/mol. The van der Waals surface area contributed by atoms with E-state index >= 15 is 0 Å². The highest BCUT2D eigenvalue weighted by Gasteiger charge is 2.13. The molecule has 0 atom stereocenters. The number of carbonyl (C=O) groups is 1. The summed E-state index contributed by atoms with van der Waals surface area (Å²) >= 11 is 6.97. The minimum Gasteiger partial charge on any atom is -0.332 e. The van der Waals surface area contributed by atoms with Crippen molar-refractivity contribution in [3.8, 4) is 10.6 Å². The van der Waals surface area contributed by atoms with Gasteiger partial charge in [0.05, 0.1) is 15.9 Å². The summed E-state index contributed by atoms with van der Waals surface area (Å²) in [6.07, 6.45) is 0. The van der Waals surface area contributed by atoms with Crippen molar-refractivity contribution in [1.82, 2.24) is 10.3 Å². The second kappa shape index (κ2) is 7.88. The van der Waals surface area contributed by atoms with Gasteiger partial charge >= 0.3 is 0 Å². The Labute approximate surface area is 172 Å². The molecule has 0 aliphatic heterocycles. The minimum absolute atomic E-state index is 0.241. The van der Waals surface area contributed by atoms with Gasteiger partial charge in [0, 0.05) is 11.1 Å². The smallest absolute Gasteiger partial charge is 0.257 e. The van der Waals surface area contributed by atoms with Crippen molar-refractivity contribution >= 4 is 50.5 Å². The van der Waals surface area contributed by atoms with Crippen molar-refractivity contribution in [2.75, 3.05) is 5.32 Å². The number of para-hydroxylation sites is 2. The minimum atomic E-state index is -0.241. The Balaban J connectivity index is 1.54. The van der Waals surface area contributed by atoms with Crippen molar-refractivity contribution in [2.45, 2.75) is 6.92 Å². The molecule has 2 N–H and O–H groups in total. The molecule has 4 aromatic rings. The van der Waals surface area contributed by atoms with E-state index in [4.69, 9.17) is 17.2 Å². The number of hydrogen-bond donors (Lipinski definition) is 2. The summed E-state index contributed by atoms with van der Waals surface area (Å²) in [6, 6.07) is 23.2. The quantitative estimate of drug-likeness (QED) is 0.450. The molecule has 1 heterocycles. The van der Waals surface area contributed by atoms with Gasteiger partial charge in [0.15, 0.2) is 5.11 Å². The SMILES string of the molecule is Cc1ccc(C(=O)NC(=S)Nc2ccccc2-c2nc3ccccc3s2)cc1. The molecular weight excluding hydrogens is 386 g/mol. The lowest BCUT2D eigenvalue weighted by Crippen LogP contribution is -2.34. The molecule has 3 aromatic carbocycles. The van der Waals surface area contributed by atoms with Crippen molar-refractivity contribution in [2.24, 2.45) is 0 Å². The van der Waals surface area contributed by atoms with Gasteiger partial charge in [-0.25, -0.2) is 4.98 Å². The second-order valence-corrected chi connectivity index (χ2v) is 7.75. The normalized spacial score (nSPS) is 10.6. The Bertz CT molecular complexity index is 1130. The molecule has 4 nitrogen and oxygen atoms in total. The number of aromatic nitrogens is 1. The number of benzene rings is 3. The van der Waals surface area contributed by atoms with Gasteiger partial charge in [-0.05, 0) is 55.5 Å². The van der Waals surface area contributed by atoms with Crippen LogP contribution in [0.15, 0.2) is 72.8 Å². The first-order valence-electron chi connectivity index (χ1n) is 8.74. The van der Waals surface area contributed by atoms with E-state index < -0.39 is 0 Å². The molecule has 1 amide bonds. The average molecular weight is 404 g/mol. The predicted octanol–water partition coefficient (Wildman–Crippen LogP) is 5.40. The molecule has 0 bridgehead atoms. The van der Waals surface area contributed by atoms with Crippen LogP contribution in [0, 0.1) is 6.92 Å². The summed E-state index contributed by atoms with van der Waals surface area (Å²) in [5.41, 5.74) is 4.37. The molecule has 4 rings (SSSR count). The number of nitrogens with one attached hydrogen (secondary N) is 2. The molecule has 0 saturated carbocycles. The van der Waals surface area contributed by atoms with Crippen molar-refractivity contribution < 1.29 is 4.79 Å². The maximum Gasteiger partial charge on any atom is 0.257 e. The number of thiazole rings is 1. The number of carbonyl (C=O) groups excluding carboxylic acids is 1. The number of nitrogens with zero attached hydrogens (tertiary/aromatic N) is 1. The number of hydrogen-bond acceptors (Lipinski definition) is 4. The summed E-state index contributed by atoms with van der Waals surface area (Å²) in [5, 5.41) is 7.01. The van der Waals surface area contributed by atoms with Gasteiger partial charge in [-0.1, -0.05) is 42.0 Å². The first-order chi connectivity index (χ1) is 13.6. The van der Waals surface area contributed by atoms with Crippen LogP contribution in [0.5, 0.6) is 0 Å². The molecule has 1 aromatic heterocycles. The largest absolute Gasteiger partial charge is 0.332 e. The third kappa shape index (κ3) is 3.93. The summed E-state index contributed by atoms with van der Waals surface area (Å²) in [4.78, 5) is 17.1. The summed E-state index contributed by atoms with van der Waals surface area (Å²) in [5.74, 6) is -0.241. The number of rotatable bonds is 3. The van der Waals surface area contributed by atoms with Gasteiger partial charge < -0.3 is 5.32 Å². The Hall–Kier alpha value is -3.09. The van der Waals surface area contributed by atoms with Crippen LogP contribution in [0.2, 0.25) is 0 Å². The van der Waals surface area contributed by atoms with Crippen LogP contribution < -0.4 is 10.6 Å². The number of anilines is 1. The number of thiocarbonyl (C=S) groups is 1. The first kappa shape index (κ1) is 18.3. The maximum absolute atomic E-state index is 12.4. The van der Waals surface area contributed by atoms with Crippen LogP contribution in [0.3, 0.4) is 0 Å². The fourth-order valence-electron chi connectivity index (χ4n) is 2.80. The van der Waals surface area contributed by atoms with Crippen molar-refractivity contribution in [3.05, 3.63) is 83.9 Å². The first-order valence-corrected chi connectivity index (χ1v) is 9.96. The van der Waals surface area contributed by atoms with Crippen molar-refractivity contribution in [1.29, 1.82) is 0 Å². The number of aryl methyl sites for hydroxylation is 1. The standard InChI is InChI=1S/C22H17N3OS2/c1-14-10-12-15(13-11-14)20(26)25-22(27)24-17-7-3-2-6-16(17)21-23-18-8-4-5-9-19(18)28-21/h2-13H,1H3,(H2,24,25,26,27). The summed E-state index contributed by atoms with van der Waals surface area (Å²) in [7, 11) is 0. The fourth-order valence-corrected chi connectivity index (χ4v) is 4.01. The molecule has 0 radical (unpaired) electrons. The molecule has 6 heteroatoms. The van der Waals surface area contributed by atoms with Crippen LogP contribution in [0.1, 0.15) is 15.9 Å². The highest BCUT2D eigenvalue weighted by atomic mass is 32.1. The lowest BCUT2D eigenvalue weighted by molar-refractivity contribution is 0.0977. The average Bonchev–Trinajstić information content (AvgIpc) is 3.12. The van der Waals surface area contributed by atoms with E-state index in [1.807, 2.05) is 61.5 Å². The maximum atomic E-state index is 12.4. The Morgan fingerprint density at radius 2 is 1.68 bits per heavy atom. The number of amides is 1. The van der Waals surface area contributed by atoms with Crippen LogP contribution >= 0.6 is 23.6 Å². The topological polar surface area (TPSA) is 54.0 Å². The van der Waals surface area contributed by atoms with E-state index in [1.165, 1.54) is 0 Å². The van der Waals surface area contributed by atoms with Gasteiger partial charge in [0.25, 0.3) is 5.91 Å². The summed E-state index contributed by atoms with van der Waals surface area (Å²) < 4.78 is 1.13. The van der Waals surface area contributed by atoms with E-state index in [1.54, 1.807) is 23.5 Å². The predicted molar refractivity (Wildman–Crippen MR) is 120 cm³/mol. The third-order valence-corrected chi connectivity index (χ3v) is 5.51.